The molecule has 0 aliphatic carbocycles. The first-order valence-electron chi connectivity index (χ1n) is 4.32. The van der Waals surface area contributed by atoms with Gasteiger partial charge in [0.1, 0.15) is 3.70 Å². The van der Waals surface area contributed by atoms with E-state index in [2.05, 4.69) is 64.0 Å². The summed E-state index contributed by atoms with van der Waals surface area (Å²) in [6, 6.07) is 12.2. The molecule has 70 valence electrons. The van der Waals surface area contributed by atoms with E-state index in [0.29, 0.717) is 0 Å². The van der Waals surface area contributed by atoms with Gasteiger partial charge in [-0.2, -0.15) is 0 Å². The smallest absolute Gasteiger partial charge is 0.124 e. The van der Waals surface area contributed by atoms with Gasteiger partial charge in [-0.3, -0.25) is 0 Å². The summed E-state index contributed by atoms with van der Waals surface area (Å²) in [6.07, 6.45) is 0. The van der Waals surface area contributed by atoms with Crippen LogP contribution in [0.15, 0.2) is 36.4 Å². The first kappa shape index (κ1) is 9.58. The van der Waals surface area contributed by atoms with Crippen LogP contribution < -0.4 is 0 Å². The molecule has 1 aromatic carbocycles. The Bertz CT molecular complexity index is 377. The summed E-state index contributed by atoms with van der Waals surface area (Å²) >= 11 is 2.15. The molecule has 0 aliphatic rings. The van der Waals surface area contributed by atoms with Crippen LogP contribution in [0.3, 0.4) is 0 Å². The first-order chi connectivity index (χ1) is 6.75. The summed E-state index contributed by atoms with van der Waals surface area (Å²) in [7, 11) is 0. The number of aryl methyl sites for hydroxylation is 1. The third-order valence-electron chi connectivity index (χ3n) is 1.98. The van der Waals surface area contributed by atoms with Crippen LogP contribution in [0.1, 0.15) is 5.56 Å². The summed E-state index contributed by atoms with van der Waals surface area (Å²) in [5, 5.41) is 8.14. The molecular formula is C11H9IN2. The molecule has 0 spiro atoms. The van der Waals surface area contributed by atoms with Crippen LogP contribution in [0, 0.1) is 10.6 Å². The Balaban J connectivity index is 2.40. The predicted octanol–water partition coefficient (Wildman–Crippen LogP) is 3.06. The van der Waals surface area contributed by atoms with Gasteiger partial charge in [0.05, 0.1) is 5.69 Å². The molecule has 3 heteroatoms. The van der Waals surface area contributed by atoms with Crippen LogP contribution in [-0.4, -0.2) is 10.2 Å². The van der Waals surface area contributed by atoms with Gasteiger partial charge in [-0.25, -0.2) is 0 Å². The first-order valence-corrected chi connectivity index (χ1v) is 5.40. The van der Waals surface area contributed by atoms with Crippen LogP contribution in [0.5, 0.6) is 0 Å². The van der Waals surface area contributed by atoms with Crippen LogP contribution in [-0.2, 0) is 0 Å². The molecule has 0 unspecified atom stereocenters. The van der Waals surface area contributed by atoms with Crippen molar-refractivity contribution in [3.05, 3.63) is 45.7 Å². The molecule has 14 heavy (non-hydrogen) atoms. The molecular weight excluding hydrogens is 287 g/mol. The Kier molecular flexibility index (Phi) is 2.77. The fourth-order valence-corrected chi connectivity index (χ4v) is 1.48. The molecule has 0 N–H and O–H groups in total. The third-order valence-corrected chi connectivity index (χ3v) is 2.55. The zero-order valence-corrected chi connectivity index (χ0v) is 9.89. The maximum atomic E-state index is 4.12. The third kappa shape index (κ3) is 2.09. The van der Waals surface area contributed by atoms with Crippen molar-refractivity contribution >= 4 is 22.6 Å². The van der Waals surface area contributed by atoms with Crippen molar-refractivity contribution in [1.82, 2.24) is 10.2 Å². The van der Waals surface area contributed by atoms with Crippen LogP contribution in [0.4, 0.5) is 0 Å². The molecule has 2 rings (SSSR count). The Hall–Kier alpha value is -0.970. The van der Waals surface area contributed by atoms with Crippen molar-refractivity contribution in [2.45, 2.75) is 6.92 Å². The molecule has 2 aromatic rings. The Morgan fingerprint density at radius 1 is 0.929 bits per heavy atom. The van der Waals surface area contributed by atoms with Crippen molar-refractivity contribution in [2.24, 2.45) is 0 Å². The zero-order valence-electron chi connectivity index (χ0n) is 7.74. The lowest BCUT2D eigenvalue weighted by atomic mass is 10.1. The highest BCUT2D eigenvalue weighted by Gasteiger charge is 1.98. The Morgan fingerprint density at radius 2 is 1.64 bits per heavy atom. The second-order valence-electron chi connectivity index (χ2n) is 3.11. The molecule has 0 atom stereocenters. The lowest BCUT2D eigenvalue weighted by Crippen LogP contribution is -1.89. The zero-order chi connectivity index (χ0) is 9.97. The number of hydrogen-bond acceptors (Lipinski definition) is 2. The quantitative estimate of drug-likeness (QED) is 0.756. The minimum Gasteiger partial charge on any atom is -0.149 e. The maximum Gasteiger partial charge on any atom is 0.124 e. The molecule has 1 aromatic heterocycles. The molecule has 0 saturated carbocycles. The van der Waals surface area contributed by atoms with E-state index < -0.39 is 0 Å². The van der Waals surface area contributed by atoms with Gasteiger partial charge in [0.15, 0.2) is 0 Å². The van der Waals surface area contributed by atoms with Crippen LogP contribution >= 0.6 is 22.6 Å². The van der Waals surface area contributed by atoms with E-state index in [9.17, 15) is 0 Å². The number of rotatable bonds is 1. The van der Waals surface area contributed by atoms with Crippen molar-refractivity contribution in [1.29, 1.82) is 0 Å². The number of aromatic nitrogens is 2. The van der Waals surface area contributed by atoms with Gasteiger partial charge >= 0.3 is 0 Å². The molecule has 0 amide bonds. The van der Waals surface area contributed by atoms with Gasteiger partial charge < -0.3 is 0 Å². The molecule has 0 bridgehead atoms. The number of nitrogens with zero attached hydrogens (tertiary/aromatic N) is 2. The summed E-state index contributed by atoms with van der Waals surface area (Å²) in [6.45, 7) is 2.07. The van der Waals surface area contributed by atoms with Crippen molar-refractivity contribution < 1.29 is 0 Å². The molecule has 0 saturated heterocycles. The predicted molar refractivity (Wildman–Crippen MR) is 64.9 cm³/mol. The lowest BCUT2D eigenvalue weighted by molar-refractivity contribution is 1.01. The van der Waals surface area contributed by atoms with E-state index in [4.69, 9.17) is 0 Å². The van der Waals surface area contributed by atoms with E-state index in [1.807, 2.05) is 12.1 Å². The fraction of sp³-hybridized carbons (Fsp3) is 0.0909. The second-order valence-corrected chi connectivity index (χ2v) is 4.21. The Morgan fingerprint density at radius 3 is 2.21 bits per heavy atom. The van der Waals surface area contributed by atoms with Gasteiger partial charge in [-0.1, -0.05) is 29.8 Å². The summed E-state index contributed by atoms with van der Waals surface area (Å²) in [4.78, 5) is 0. The van der Waals surface area contributed by atoms with Crippen molar-refractivity contribution in [2.75, 3.05) is 0 Å². The summed E-state index contributed by atoms with van der Waals surface area (Å²) in [5.74, 6) is 0. The van der Waals surface area contributed by atoms with Crippen molar-refractivity contribution in [3.63, 3.8) is 0 Å². The SMILES string of the molecule is Cc1ccc(-c2ccc(I)nn2)cc1. The average Bonchev–Trinajstić information content (AvgIpc) is 2.21. The van der Waals surface area contributed by atoms with Crippen LogP contribution in [0.2, 0.25) is 0 Å². The van der Waals surface area contributed by atoms with Crippen LogP contribution in [0.25, 0.3) is 11.3 Å². The number of halogens is 1. The minimum atomic E-state index is 0.915. The van der Waals surface area contributed by atoms with Gasteiger partial charge in [-0.05, 0) is 41.6 Å². The number of hydrogen-bond donors (Lipinski definition) is 0. The largest absolute Gasteiger partial charge is 0.149 e. The monoisotopic (exact) mass is 296 g/mol. The highest BCUT2D eigenvalue weighted by atomic mass is 127. The normalized spacial score (nSPS) is 10.1. The van der Waals surface area contributed by atoms with E-state index in [1.165, 1.54) is 5.56 Å². The van der Waals surface area contributed by atoms with E-state index in [-0.39, 0.29) is 0 Å². The Labute approximate surface area is 96.5 Å². The van der Waals surface area contributed by atoms with Gasteiger partial charge in [-0.15, -0.1) is 10.2 Å². The van der Waals surface area contributed by atoms with Gasteiger partial charge in [0.25, 0.3) is 0 Å². The number of benzene rings is 1. The summed E-state index contributed by atoms with van der Waals surface area (Å²) in [5.41, 5.74) is 3.29. The van der Waals surface area contributed by atoms with E-state index in [1.54, 1.807) is 0 Å². The molecule has 2 nitrogen and oxygen atoms in total. The molecule has 0 aliphatic heterocycles. The van der Waals surface area contributed by atoms with Crippen molar-refractivity contribution in [3.8, 4) is 11.3 Å². The standard InChI is InChI=1S/C11H9IN2/c1-8-2-4-9(5-3-8)10-6-7-11(12)14-13-10/h2-7H,1H3. The topological polar surface area (TPSA) is 25.8 Å². The maximum absolute atomic E-state index is 4.12. The molecule has 0 radical (unpaired) electrons. The summed E-state index contributed by atoms with van der Waals surface area (Å²) < 4.78 is 0.915. The average molecular weight is 296 g/mol. The van der Waals surface area contributed by atoms with Gasteiger partial charge in [0, 0.05) is 5.56 Å². The van der Waals surface area contributed by atoms with Gasteiger partial charge in [0.2, 0.25) is 0 Å². The minimum absolute atomic E-state index is 0.915. The van der Waals surface area contributed by atoms with E-state index >= 15 is 0 Å². The fourth-order valence-electron chi connectivity index (χ4n) is 1.19. The second kappa shape index (κ2) is 4.04. The highest BCUT2D eigenvalue weighted by Crippen LogP contribution is 2.16. The lowest BCUT2D eigenvalue weighted by Gasteiger charge is -1.99. The highest BCUT2D eigenvalue weighted by molar-refractivity contribution is 14.1. The molecule has 1 heterocycles. The van der Waals surface area contributed by atoms with E-state index in [0.717, 1.165) is 15.0 Å². The molecule has 0 fully saturated rings.